The van der Waals surface area contributed by atoms with E-state index in [0.29, 0.717) is 16.9 Å². The van der Waals surface area contributed by atoms with Crippen LogP contribution in [0.15, 0.2) is 18.2 Å². The number of rotatable bonds is 2. The standard InChI is InChI=1S/C14H22N2/c1-9-6-7-10(8-11(9)15)16-12-13(2,3)14(12,4)5/h6-8,12,16H,15H2,1-5H3. The Labute approximate surface area is 98.2 Å². The predicted molar refractivity (Wildman–Crippen MR) is 70.6 cm³/mol. The van der Waals surface area contributed by atoms with Crippen molar-refractivity contribution in [1.29, 1.82) is 0 Å². The molecule has 1 aromatic rings. The Kier molecular flexibility index (Phi) is 2.23. The van der Waals surface area contributed by atoms with Gasteiger partial charge >= 0.3 is 0 Å². The zero-order valence-corrected chi connectivity index (χ0v) is 10.9. The molecule has 0 spiro atoms. The maximum atomic E-state index is 5.91. The van der Waals surface area contributed by atoms with E-state index in [1.807, 2.05) is 13.0 Å². The summed E-state index contributed by atoms with van der Waals surface area (Å²) >= 11 is 0. The Hall–Kier alpha value is -1.18. The van der Waals surface area contributed by atoms with Gasteiger partial charge in [-0.3, -0.25) is 0 Å². The van der Waals surface area contributed by atoms with Crippen molar-refractivity contribution in [2.75, 3.05) is 11.1 Å². The van der Waals surface area contributed by atoms with Crippen LogP contribution in [0, 0.1) is 17.8 Å². The first-order valence-corrected chi connectivity index (χ1v) is 5.89. The fraction of sp³-hybridized carbons (Fsp3) is 0.571. The largest absolute Gasteiger partial charge is 0.398 e. The highest BCUT2D eigenvalue weighted by molar-refractivity contribution is 5.60. The van der Waals surface area contributed by atoms with Crippen LogP contribution in [0.2, 0.25) is 0 Å². The van der Waals surface area contributed by atoms with Crippen LogP contribution in [0.3, 0.4) is 0 Å². The molecular weight excluding hydrogens is 196 g/mol. The van der Waals surface area contributed by atoms with E-state index in [4.69, 9.17) is 5.73 Å². The molecule has 0 aromatic heterocycles. The van der Waals surface area contributed by atoms with Gasteiger partial charge in [0.15, 0.2) is 0 Å². The topological polar surface area (TPSA) is 38.0 Å². The molecule has 0 radical (unpaired) electrons. The van der Waals surface area contributed by atoms with Crippen LogP contribution >= 0.6 is 0 Å². The number of nitrogen functional groups attached to an aromatic ring is 1. The second-order valence-electron chi connectivity index (χ2n) is 6.09. The lowest BCUT2D eigenvalue weighted by molar-refractivity contribution is 0.457. The highest BCUT2D eigenvalue weighted by atomic mass is 15.0. The van der Waals surface area contributed by atoms with Crippen molar-refractivity contribution in [1.82, 2.24) is 0 Å². The summed E-state index contributed by atoms with van der Waals surface area (Å²) in [6.07, 6.45) is 0. The zero-order valence-electron chi connectivity index (χ0n) is 10.9. The van der Waals surface area contributed by atoms with Gasteiger partial charge in [0.1, 0.15) is 0 Å². The summed E-state index contributed by atoms with van der Waals surface area (Å²) in [5.41, 5.74) is 9.75. The molecule has 0 saturated heterocycles. The SMILES string of the molecule is Cc1ccc(NC2C(C)(C)C2(C)C)cc1N. The van der Waals surface area contributed by atoms with Crippen LogP contribution in [0.1, 0.15) is 33.3 Å². The van der Waals surface area contributed by atoms with Gasteiger partial charge in [-0.1, -0.05) is 33.8 Å². The number of nitrogens with one attached hydrogen (secondary N) is 1. The number of hydrogen-bond donors (Lipinski definition) is 2. The predicted octanol–water partition coefficient (Wildman–Crippen LogP) is 3.42. The van der Waals surface area contributed by atoms with Gasteiger partial charge in [0.2, 0.25) is 0 Å². The molecular formula is C14H22N2. The first kappa shape index (κ1) is 11.3. The molecule has 1 aliphatic rings. The number of benzene rings is 1. The first-order valence-electron chi connectivity index (χ1n) is 5.89. The summed E-state index contributed by atoms with van der Waals surface area (Å²) in [6.45, 7) is 11.3. The smallest absolute Gasteiger partial charge is 0.0375 e. The molecule has 0 bridgehead atoms. The Bertz CT molecular complexity index is 405. The summed E-state index contributed by atoms with van der Waals surface area (Å²) in [4.78, 5) is 0. The minimum absolute atomic E-state index is 0.354. The lowest BCUT2D eigenvalue weighted by Crippen LogP contribution is -2.10. The highest BCUT2D eigenvalue weighted by Crippen LogP contribution is 2.63. The van der Waals surface area contributed by atoms with Gasteiger partial charge < -0.3 is 11.1 Å². The number of anilines is 2. The maximum absolute atomic E-state index is 5.91. The van der Waals surface area contributed by atoms with Crippen molar-refractivity contribution in [3.8, 4) is 0 Å². The lowest BCUT2D eigenvalue weighted by atomic mass is 10.0. The molecule has 16 heavy (non-hydrogen) atoms. The molecule has 1 fully saturated rings. The number of hydrogen-bond acceptors (Lipinski definition) is 2. The molecule has 2 heteroatoms. The summed E-state index contributed by atoms with van der Waals surface area (Å²) in [5, 5.41) is 3.58. The molecule has 2 rings (SSSR count). The van der Waals surface area contributed by atoms with E-state index >= 15 is 0 Å². The molecule has 1 saturated carbocycles. The molecule has 0 atom stereocenters. The zero-order chi connectivity index (χ0) is 12.1. The van der Waals surface area contributed by atoms with Crippen LogP contribution in [0.5, 0.6) is 0 Å². The van der Waals surface area contributed by atoms with E-state index in [0.717, 1.165) is 16.9 Å². The van der Waals surface area contributed by atoms with Crippen LogP contribution in [-0.2, 0) is 0 Å². The summed E-state index contributed by atoms with van der Waals surface area (Å²) in [6, 6.07) is 6.73. The molecule has 3 N–H and O–H groups in total. The van der Waals surface area contributed by atoms with Gasteiger partial charge in [-0.25, -0.2) is 0 Å². The minimum atomic E-state index is 0.354. The molecule has 1 aromatic carbocycles. The number of nitrogens with two attached hydrogens (primary N) is 1. The van der Waals surface area contributed by atoms with Crippen molar-refractivity contribution < 1.29 is 0 Å². The second-order valence-corrected chi connectivity index (χ2v) is 6.09. The third-order valence-electron chi connectivity index (χ3n) is 4.61. The van der Waals surface area contributed by atoms with Gasteiger partial charge in [0, 0.05) is 17.4 Å². The third-order valence-corrected chi connectivity index (χ3v) is 4.61. The van der Waals surface area contributed by atoms with Gasteiger partial charge in [-0.2, -0.15) is 0 Å². The Balaban J connectivity index is 2.15. The van der Waals surface area contributed by atoms with E-state index in [1.165, 1.54) is 0 Å². The van der Waals surface area contributed by atoms with E-state index in [1.54, 1.807) is 0 Å². The van der Waals surface area contributed by atoms with Crippen LogP contribution in [-0.4, -0.2) is 6.04 Å². The summed E-state index contributed by atoms with van der Waals surface area (Å²) in [7, 11) is 0. The Morgan fingerprint density at radius 2 is 1.69 bits per heavy atom. The van der Waals surface area contributed by atoms with Crippen LogP contribution < -0.4 is 11.1 Å². The van der Waals surface area contributed by atoms with E-state index in [-0.39, 0.29) is 0 Å². The lowest BCUT2D eigenvalue weighted by Gasteiger charge is -2.10. The van der Waals surface area contributed by atoms with Gasteiger partial charge in [-0.15, -0.1) is 0 Å². The number of aryl methyl sites for hydroxylation is 1. The van der Waals surface area contributed by atoms with E-state index in [9.17, 15) is 0 Å². The summed E-state index contributed by atoms with van der Waals surface area (Å²) in [5.74, 6) is 0. The Morgan fingerprint density at radius 1 is 1.12 bits per heavy atom. The van der Waals surface area contributed by atoms with Crippen molar-refractivity contribution in [3.05, 3.63) is 23.8 Å². The molecule has 0 aliphatic heterocycles. The van der Waals surface area contributed by atoms with Crippen molar-refractivity contribution in [2.45, 2.75) is 40.7 Å². The molecule has 2 nitrogen and oxygen atoms in total. The van der Waals surface area contributed by atoms with Gasteiger partial charge in [0.05, 0.1) is 0 Å². The normalized spacial score (nSPS) is 21.8. The molecule has 0 unspecified atom stereocenters. The average Bonchev–Trinajstić information content (AvgIpc) is 2.54. The van der Waals surface area contributed by atoms with Gasteiger partial charge in [0.25, 0.3) is 0 Å². The maximum Gasteiger partial charge on any atom is 0.0375 e. The first-order chi connectivity index (χ1) is 7.26. The molecule has 0 heterocycles. The Morgan fingerprint density at radius 3 is 2.12 bits per heavy atom. The van der Waals surface area contributed by atoms with E-state index in [2.05, 4.69) is 45.1 Å². The highest BCUT2D eigenvalue weighted by Gasteiger charge is 2.64. The van der Waals surface area contributed by atoms with Crippen molar-refractivity contribution in [2.24, 2.45) is 10.8 Å². The summed E-state index contributed by atoms with van der Waals surface area (Å²) < 4.78 is 0. The monoisotopic (exact) mass is 218 g/mol. The third kappa shape index (κ3) is 1.48. The average molecular weight is 218 g/mol. The van der Waals surface area contributed by atoms with Crippen molar-refractivity contribution in [3.63, 3.8) is 0 Å². The van der Waals surface area contributed by atoms with Crippen LogP contribution in [0.25, 0.3) is 0 Å². The quantitative estimate of drug-likeness (QED) is 0.746. The fourth-order valence-corrected chi connectivity index (χ4v) is 2.45. The second kappa shape index (κ2) is 3.16. The molecule has 1 aliphatic carbocycles. The molecule has 0 amide bonds. The van der Waals surface area contributed by atoms with Crippen LogP contribution in [0.4, 0.5) is 11.4 Å². The fourth-order valence-electron chi connectivity index (χ4n) is 2.45. The minimum Gasteiger partial charge on any atom is -0.398 e. The van der Waals surface area contributed by atoms with E-state index < -0.39 is 0 Å². The van der Waals surface area contributed by atoms with Crippen molar-refractivity contribution >= 4 is 11.4 Å². The molecule has 88 valence electrons. The van der Waals surface area contributed by atoms with Gasteiger partial charge in [-0.05, 0) is 35.4 Å².